The van der Waals surface area contributed by atoms with E-state index >= 15 is 0 Å². The van der Waals surface area contributed by atoms with Crippen LogP contribution in [-0.4, -0.2) is 30.2 Å². The zero-order valence-electron chi connectivity index (χ0n) is 12.7. The van der Waals surface area contributed by atoms with Crippen molar-refractivity contribution in [1.82, 2.24) is 15.3 Å². The molecule has 1 aliphatic carbocycles. The summed E-state index contributed by atoms with van der Waals surface area (Å²) in [4.78, 5) is 8.31. The molecule has 0 bridgehead atoms. The Balaban J connectivity index is 2.06. The quantitative estimate of drug-likeness (QED) is 0.867. The topological polar surface area (TPSA) is 56.3 Å². The van der Waals surface area contributed by atoms with Crippen LogP contribution in [0.3, 0.4) is 0 Å². The summed E-state index contributed by atoms with van der Waals surface area (Å²) in [5.41, 5.74) is 0.901. The highest BCUT2D eigenvalue weighted by molar-refractivity contribution is 5.34. The first-order valence-corrected chi connectivity index (χ1v) is 7.45. The van der Waals surface area contributed by atoms with Crippen molar-refractivity contribution in [2.24, 2.45) is 5.92 Å². The fourth-order valence-electron chi connectivity index (χ4n) is 3.08. The van der Waals surface area contributed by atoms with Gasteiger partial charge in [-0.2, -0.15) is 0 Å². The van der Waals surface area contributed by atoms with Crippen molar-refractivity contribution in [3.63, 3.8) is 0 Å². The normalized spacial score (nSPS) is 22.6. The van der Waals surface area contributed by atoms with Gasteiger partial charge in [0.1, 0.15) is 6.33 Å². The van der Waals surface area contributed by atoms with Gasteiger partial charge in [0.05, 0.1) is 19.8 Å². The number of hydrogen-bond donors (Lipinski definition) is 1. The molecule has 1 saturated carbocycles. The van der Waals surface area contributed by atoms with E-state index in [0.29, 0.717) is 24.3 Å². The van der Waals surface area contributed by atoms with Crippen molar-refractivity contribution in [2.45, 2.75) is 51.6 Å². The Morgan fingerprint density at radius 2 is 1.80 bits per heavy atom. The summed E-state index contributed by atoms with van der Waals surface area (Å²) >= 11 is 0. The van der Waals surface area contributed by atoms with E-state index in [1.165, 1.54) is 38.4 Å². The highest BCUT2D eigenvalue weighted by Gasteiger charge is 2.24. The first-order chi connectivity index (χ1) is 9.80. The second kappa shape index (κ2) is 7.43. The fourth-order valence-corrected chi connectivity index (χ4v) is 3.08. The molecule has 0 radical (unpaired) electrons. The lowest BCUT2D eigenvalue weighted by Gasteiger charge is -2.31. The molecule has 0 aromatic carbocycles. The molecule has 0 amide bonds. The van der Waals surface area contributed by atoms with Crippen LogP contribution in [0.25, 0.3) is 0 Å². The molecule has 1 aromatic rings. The van der Waals surface area contributed by atoms with Crippen LogP contribution in [0.15, 0.2) is 6.33 Å². The van der Waals surface area contributed by atoms with Gasteiger partial charge in [0.2, 0.25) is 11.8 Å². The molecule has 1 N–H and O–H groups in total. The smallest absolute Gasteiger partial charge is 0.224 e. The molecule has 1 aromatic heterocycles. The van der Waals surface area contributed by atoms with Gasteiger partial charge in [0.15, 0.2) is 0 Å². The number of hydrogen-bond acceptors (Lipinski definition) is 5. The van der Waals surface area contributed by atoms with Crippen LogP contribution in [0, 0.1) is 5.92 Å². The number of nitrogens with zero attached hydrogens (tertiary/aromatic N) is 2. The summed E-state index contributed by atoms with van der Waals surface area (Å²) in [6, 6.07) is 0.573. The third kappa shape index (κ3) is 3.39. The number of aromatic nitrogens is 2. The van der Waals surface area contributed by atoms with E-state index in [0.717, 1.165) is 11.5 Å². The number of rotatable bonds is 6. The van der Waals surface area contributed by atoms with Crippen molar-refractivity contribution >= 4 is 0 Å². The maximum absolute atomic E-state index is 5.31. The van der Waals surface area contributed by atoms with E-state index in [-0.39, 0.29) is 0 Å². The highest BCUT2D eigenvalue weighted by atomic mass is 16.5. The van der Waals surface area contributed by atoms with Gasteiger partial charge in [-0.3, -0.25) is 0 Å². The van der Waals surface area contributed by atoms with Crippen LogP contribution < -0.4 is 14.8 Å². The summed E-state index contributed by atoms with van der Waals surface area (Å²) in [5.74, 6) is 1.95. The second-order valence-corrected chi connectivity index (χ2v) is 5.31. The first-order valence-electron chi connectivity index (χ1n) is 7.45. The Morgan fingerprint density at radius 3 is 2.40 bits per heavy atom. The minimum absolute atomic E-state index is 0.573. The molecule has 0 saturated heterocycles. The Kier molecular flexibility index (Phi) is 5.59. The van der Waals surface area contributed by atoms with Crippen molar-refractivity contribution in [2.75, 3.05) is 14.2 Å². The van der Waals surface area contributed by atoms with Gasteiger partial charge in [-0.05, 0) is 18.8 Å². The van der Waals surface area contributed by atoms with Gasteiger partial charge in [0.25, 0.3) is 0 Å². The number of nitrogens with one attached hydrogen (secondary N) is 1. The Labute approximate surface area is 121 Å². The lowest BCUT2D eigenvalue weighted by molar-refractivity contribution is 0.251. The van der Waals surface area contributed by atoms with Crippen LogP contribution in [0.5, 0.6) is 11.8 Å². The monoisotopic (exact) mass is 279 g/mol. The van der Waals surface area contributed by atoms with Crippen LogP contribution in [0.4, 0.5) is 0 Å². The largest absolute Gasteiger partial charge is 0.481 e. The SMILES string of the molecule is CCC1CCCCC1NCc1c(OC)ncnc1OC. The lowest BCUT2D eigenvalue weighted by Crippen LogP contribution is -2.38. The lowest BCUT2D eigenvalue weighted by atomic mass is 9.83. The summed E-state index contributed by atoms with van der Waals surface area (Å²) in [6.45, 7) is 2.96. The van der Waals surface area contributed by atoms with Crippen molar-refractivity contribution in [1.29, 1.82) is 0 Å². The molecule has 2 rings (SSSR count). The fraction of sp³-hybridized carbons (Fsp3) is 0.733. The first kappa shape index (κ1) is 15.0. The Hall–Kier alpha value is -1.36. The van der Waals surface area contributed by atoms with Crippen molar-refractivity contribution in [3.8, 4) is 11.8 Å². The minimum atomic E-state index is 0.573. The average Bonchev–Trinajstić information content (AvgIpc) is 2.52. The molecule has 1 aliphatic rings. The molecule has 5 nitrogen and oxygen atoms in total. The van der Waals surface area contributed by atoms with E-state index in [9.17, 15) is 0 Å². The predicted octanol–water partition coefficient (Wildman–Crippen LogP) is 2.55. The third-order valence-corrected chi connectivity index (χ3v) is 4.23. The van der Waals surface area contributed by atoms with Gasteiger partial charge in [-0.1, -0.05) is 26.2 Å². The van der Waals surface area contributed by atoms with Crippen LogP contribution in [0.2, 0.25) is 0 Å². The van der Waals surface area contributed by atoms with E-state index in [1.807, 2.05) is 0 Å². The van der Waals surface area contributed by atoms with E-state index in [1.54, 1.807) is 14.2 Å². The van der Waals surface area contributed by atoms with E-state index in [4.69, 9.17) is 9.47 Å². The Morgan fingerprint density at radius 1 is 1.15 bits per heavy atom. The van der Waals surface area contributed by atoms with Crippen molar-refractivity contribution in [3.05, 3.63) is 11.9 Å². The molecule has 2 unspecified atom stereocenters. The number of ether oxygens (including phenoxy) is 2. The second-order valence-electron chi connectivity index (χ2n) is 5.31. The maximum atomic E-state index is 5.31. The zero-order valence-corrected chi connectivity index (χ0v) is 12.7. The zero-order chi connectivity index (χ0) is 14.4. The van der Waals surface area contributed by atoms with Gasteiger partial charge in [0, 0.05) is 12.6 Å². The molecule has 20 heavy (non-hydrogen) atoms. The predicted molar refractivity (Wildman–Crippen MR) is 78.0 cm³/mol. The molecular weight excluding hydrogens is 254 g/mol. The van der Waals surface area contributed by atoms with Gasteiger partial charge < -0.3 is 14.8 Å². The molecule has 1 fully saturated rings. The van der Waals surface area contributed by atoms with Gasteiger partial charge in [-0.15, -0.1) is 0 Å². The molecule has 0 aliphatic heterocycles. The van der Waals surface area contributed by atoms with Gasteiger partial charge in [-0.25, -0.2) is 9.97 Å². The van der Waals surface area contributed by atoms with Gasteiger partial charge >= 0.3 is 0 Å². The molecular formula is C15H25N3O2. The summed E-state index contributed by atoms with van der Waals surface area (Å²) in [5, 5.41) is 3.65. The standard InChI is InChI=1S/C15H25N3O2/c1-4-11-7-5-6-8-13(11)16-9-12-14(19-2)17-10-18-15(12)20-3/h10-11,13,16H,4-9H2,1-3H3. The van der Waals surface area contributed by atoms with E-state index < -0.39 is 0 Å². The molecule has 1 heterocycles. The maximum Gasteiger partial charge on any atom is 0.224 e. The molecule has 2 atom stereocenters. The van der Waals surface area contributed by atoms with Crippen LogP contribution in [-0.2, 0) is 6.54 Å². The van der Waals surface area contributed by atoms with E-state index in [2.05, 4.69) is 22.2 Å². The minimum Gasteiger partial charge on any atom is -0.481 e. The summed E-state index contributed by atoms with van der Waals surface area (Å²) in [6.07, 6.45) is 7.95. The molecule has 0 spiro atoms. The van der Waals surface area contributed by atoms with Crippen LogP contribution in [0.1, 0.15) is 44.6 Å². The Bertz CT molecular complexity index is 403. The molecule has 112 valence electrons. The molecule has 5 heteroatoms. The summed E-state index contributed by atoms with van der Waals surface area (Å²) < 4.78 is 10.6. The van der Waals surface area contributed by atoms with Crippen molar-refractivity contribution < 1.29 is 9.47 Å². The average molecular weight is 279 g/mol. The number of methoxy groups -OCH3 is 2. The summed E-state index contributed by atoms with van der Waals surface area (Å²) in [7, 11) is 3.25. The highest BCUT2D eigenvalue weighted by Crippen LogP contribution is 2.28. The van der Waals surface area contributed by atoms with Crippen LogP contribution >= 0.6 is 0 Å². The third-order valence-electron chi connectivity index (χ3n) is 4.23.